The number of nitrogens with two attached hydrogens (primary N) is 1. The van der Waals surface area contributed by atoms with Gasteiger partial charge < -0.3 is 11.1 Å². The molecule has 1 aromatic carbocycles. The van der Waals surface area contributed by atoms with Crippen molar-refractivity contribution >= 4 is 62.9 Å². The summed E-state index contributed by atoms with van der Waals surface area (Å²) in [5.74, 6) is 0.924. The molecule has 0 amide bonds. The van der Waals surface area contributed by atoms with Gasteiger partial charge in [0.25, 0.3) is 5.56 Å². The summed E-state index contributed by atoms with van der Waals surface area (Å²) in [6.07, 6.45) is 12.5. The number of pyridine rings is 1. The monoisotopic (exact) mass is 536 g/mol. The summed E-state index contributed by atoms with van der Waals surface area (Å²) >= 11 is 9.64. The molecule has 36 heavy (non-hydrogen) atoms. The van der Waals surface area contributed by atoms with Gasteiger partial charge >= 0.3 is 0 Å². The zero-order valence-electron chi connectivity index (χ0n) is 20.0. The van der Waals surface area contributed by atoms with Crippen LogP contribution < -0.4 is 16.6 Å². The zero-order valence-corrected chi connectivity index (χ0v) is 22.4. The van der Waals surface area contributed by atoms with Crippen LogP contribution in [0.1, 0.15) is 32.0 Å². The molecule has 10 heteroatoms. The second-order valence-electron chi connectivity index (χ2n) is 8.62. The van der Waals surface area contributed by atoms with E-state index in [0.717, 1.165) is 38.0 Å². The third-order valence-corrected chi connectivity index (χ3v) is 8.55. The van der Waals surface area contributed by atoms with E-state index >= 15 is 0 Å². The molecular weight excluding hydrogens is 512 g/mol. The fourth-order valence-corrected chi connectivity index (χ4v) is 6.08. The lowest BCUT2D eigenvalue weighted by Gasteiger charge is -2.27. The highest BCUT2D eigenvalue weighted by atomic mass is 35.5. The number of hydrogen-bond donors (Lipinski definition) is 2. The Kier molecular flexibility index (Phi) is 6.87. The van der Waals surface area contributed by atoms with Crippen molar-refractivity contribution in [2.24, 2.45) is 5.92 Å². The molecule has 0 fully saturated rings. The molecule has 0 radical (unpaired) electrons. The first kappa shape index (κ1) is 24.5. The van der Waals surface area contributed by atoms with Crippen LogP contribution in [0.3, 0.4) is 0 Å². The topological polar surface area (TPSA) is 98.7 Å². The standard InChI is InChI=1S/C26H25ClN6OS2/c1-14-7-4-5-10-19(14)33-20(11-16-8-6-9-18(27)22(16)24(33)34)15(2)31-23-17(12-29-25(28)32-23)21-13-30-26(35-3)36-21/h4-6,8-15H,7H2,1-3H3,(H3,28,29,31,32)/t14?,15-/m0/s1. The van der Waals surface area contributed by atoms with Crippen LogP contribution in [-0.2, 0) is 0 Å². The van der Waals surface area contributed by atoms with Crippen LogP contribution in [-0.4, -0.2) is 25.8 Å². The molecule has 4 aromatic rings. The Morgan fingerprint density at radius 1 is 1.31 bits per heavy atom. The van der Waals surface area contributed by atoms with Crippen molar-refractivity contribution in [1.29, 1.82) is 0 Å². The van der Waals surface area contributed by atoms with Crippen LogP contribution in [0.4, 0.5) is 11.8 Å². The highest BCUT2D eigenvalue weighted by molar-refractivity contribution is 8.00. The molecule has 1 unspecified atom stereocenters. The molecule has 0 saturated heterocycles. The van der Waals surface area contributed by atoms with Crippen LogP contribution in [0.2, 0.25) is 5.02 Å². The lowest BCUT2D eigenvalue weighted by molar-refractivity contribution is 0.678. The van der Waals surface area contributed by atoms with E-state index in [-0.39, 0.29) is 23.5 Å². The Labute approximate surface area is 222 Å². The summed E-state index contributed by atoms with van der Waals surface area (Å²) in [6, 6.07) is 7.26. The molecule has 0 saturated carbocycles. The molecule has 0 spiro atoms. The summed E-state index contributed by atoms with van der Waals surface area (Å²) in [5, 5.41) is 5.25. The fourth-order valence-electron chi connectivity index (χ4n) is 4.40. The quantitative estimate of drug-likeness (QED) is 0.272. The van der Waals surface area contributed by atoms with Crippen LogP contribution in [0.15, 0.2) is 64.0 Å². The molecule has 7 nitrogen and oxygen atoms in total. The first-order chi connectivity index (χ1) is 17.4. The van der Waals surface area contributed by atoms with Crippen molar-refractivity contribution in [3.8, 4) is 10.4 Å². The van der Waals surface area contributed by atoms with Gasteiger partial charge in [-0.3, -0.25) is 9.36 Å². The lowest BCUT2D eigenvalue weighted by atomic mass is 9.97. The molecule has 5 rings (SSSR count). The van der Waals surface area contributed by atoms with Crippen LogP contribution in [0.5, 0.6) is 0 Å². The number of thiazole rings is 1. The number of benzene rings is 1. The van der Waals surface area contributed by atoms with Gasteiger partial charge in [-0.15, -0.1) is 11.3 Å². The average Bonchev–Trinajstić information content (AvgIpc) is 3.34. The number of aromatic nitrogens is 4. The van der Waals surface area contributed by atoms with Crippen molar-refractivity contribution < 1.29 is 0 Å². The van der Waals surface area contributed by atoms with Gasteiger partial charge in [0.2, 0.25) is 5.95 Å². The number of nitrogen functional groups attached to an aromatic ring is 1. The number of rotatable bonds is 6. The third kappa shape index (κ3) is 4.54. The average molecular weight is 537 g/mol. The Hall–Kier alpha value is -3.14. The maximum absolute atomic E-state index is 13.9. The summed E-state index contributed by atoms with van der Waals surface area (Å²) in [7, 11) is 0. The predicted octanol–water partition coefficient (Wildman–Crippen LogP) is 6.48. The summed E-state index contributed by atoms with van der Waals surface area (Å²) in [5.41, 5.74) is 8.38. The number of allylic oxidation sites excluding steroid dienone is 4. The number of anilines is 2. The smallest absolute Gasteiger partial charge is 0.264 e. The second kappa shape index (κ2) is 10.1. The van der Waals surface area contributed by atoms with Crippen molar-refractivity contribution in [2.75, 3.05) is 17.3 Å². The predicted molar refractivity (Wildman–Crippen MR) is 152 cm³/mol. The van der Waals surface area contributed by atoms with E-state index in [1.54, 1.807) is 39.9 Å². The summed E-state index contributed by atoms with van der Waals surface area (Å²) in [6.45, 7) is 4.13. The van der Waals surface area contributed by atoms with Gasteiger partial charge in [-0.05, 0) is 43.2 Å². The molecular formula is C26H25ClN6OS2. The van der Waals surface area contributed by atoms with Crippen LogP contribution in [0.25, 0.3) is 26.9 Å². The Bertz CT molecular complexity index is 1570. The molecule has 0 bridgehead atoms. The Balaban J connectivity index is 1.66. The van der Waals surface area contributed by atoms with E-state index in [2.05, 4.69) is 33.3 Å². The fraction of sp³-hybridized carbons (Fsp3) is 0.231. The SMILES string of the molecule is CSc1ncc(-c2cnc(N)nc2N[C@@H](C)c2cc3cccc(Cl)c3c(=O)n2C2=CC=CCC2C)s1. The number of thioether (sulfide) groups is 1. The summed E-state index contributed by atoms with van der Waals surface area (Å²) in [4.78, 5) is 28.0. The van der Waals surface area contributed by atoms with Crippen LogP contribution >= 0.6 is 34.7 Å². The molecule has 184 valence electrons. The second-order valence-corrected chi connectivity index (χ2v) is 11.1. The van der Waals surface area contributed by atoms with E-state index in [1.807, 2.05) is 49.7 Å². The summed E-state index contributed by atoms with van der Waals surface area (Å²) < 4.78 is 2.75. The van der Waals surface area contributed by atoms with Gasteiger partial charge in [-0.25, -0.2) is 9.97 Å². The van der Waals surface area contributed by atoms with Crippen LogP contribution in [0, 0.1) is 5.92 Å². The molecule has 2 atom stereocenters. The largest absolute Gasteiger partial charge is 0.368 e. The normalized spacial score (nSPS) is 16.2. The number of fused-ring (bicyclic) bond motifs is 1. The number of nitrogens with one attached hydrogen (secondary N) is 1. The highest BCUT2D eigenvalue weighted by Gasteiger charge is 2.23. The highest BCUT2D eigenvalue weighted by Crippen LogP contribution is 2.36. The van der Waals surface area contributed by atoms with Crippen molar-refractivity contribution in [1.82, 2.24) is 19.5 Å². The van der Waals surface area contributed by atoms with Gasteiger partial charge in [0, 0.05) is 29.7 Å². The molecule has 3 heterocycles. The number of nitrogens with zero attached hydrogens (tertiary/aromatic N) is 4. The van der Waals surface area contributed by atoms with Crippen molar-refractivity contribution in [2.45, 2.75) is 30.6 Å². The molecule has 0 aliphatic heterocycles. The third-order valence-electron chi connectivity index (χ3n) is 6.21. The van der Waals surface area contributed by atoms with Gasteiger partial charge in [0.1, 0.15) is 10.2 Å². The first-order valence-corrected chi connectivity index (χ1v) is 13.9. The van der Waals surface area contributed by atoms with Gasteiger partial charge in [-0.1, -0.05) is 54.6 Å². The minimum Gasteiger partial charge on any atom is -0.368 e. The van der Waals surface area contributed by atoms with Crippen molar-refractivity contribution in [3.63, 3.8) is 0 Å². The minimum absolute atomic E-state index is 0.135. The first-order valence-electron chi connectivity index (χ1n) is 11.5. The molecule has 3 N–H and O–H groups in total. The van der Waals surface area contributed by atoms with Gasteiger partial charge in [0.15, 0.2) is 0 Å². The maximum atomic E-state index is 13.9. The van der Waals surface area contributed by atoms with Gasteiger partial charge in [-0.2, -0.15) is 4.98 Å². The number of hydrogen-bond acceptors (Lipinski definition) is 8. The van der Waals surface area contributed by atoms with E-state index in [4.69, 9.17) is 17.3 Å². The Morgan fingerprint density at radius 2 is 2.14 bits per heavy atom. The van der Waals surface area contributed by atoms with E-state index in [9.17, 15) is 4.79 Å². The van der Waals surface area contributed by atoms with E-state index in [0.29, 0.717) is 16.2 Å². The lowest BCUT2D eigenvalue weighted by Crippen LogP contribution is -2.29. The minimum atomic E-state index is -0.291. The van der Waals surface area contributed by atoms with E-state index < -0.39 is 0 Å². The Morgan fingerprint density at radius 3 is 2.89 bits per heavy atom. The van der Waals surface area contributed by atoms with E-state index in [1.165, 1.54) is 0 Å². The molecule has 1 aliphatic carbocycles. The maximum Gasteiger partial charge on any atom is 0.264 e. The molecule has 3 aromatic heterocycles. The van der Waals surface area contributed by atoms with Crippen molar-refractivity contribution in [3.05, 3.63) is 76.0 Å². The number of halogens is 1. The molecule has 1 aliphatic rings. The van der Waals surface area contributed by atoms with Gasteiger partial charge in [0.05, 0.1) is 26.9 Å². The zero-order chi connectivity index (χ0) is 25.4.